The molecule has 204 valence electrons. The highest BCUT2D eigenvalue weighted by atomic mass is 35.5. The zero-order valence-corrected chi connectivity index (χ0v) is 20.2. The third kappa shape index (κ3) is 16.4. The molecule has 2 fully saturated rings. The smallest absolute Gasteiger partial charge is 0.0944 e. The summed E-state index contributed by atoms with van der Waals surface area (Å²) in [7, 11) is 0. The van der Waals surface area contributed by atoms with Gasteiger partial charge in [0, 0.05) is 18.6 Å². The van der Waals surface area contributed by atoms with Crippen molar-refractivity contribution in [1.82, 2.24) is 0 Å². The number of nitriles is 1. The van der Waals surface area contributed by atoms with Crippen molar-refractivity contribution in [3.8, 4) is 6.07 Å². The second-order valence-electron chi connectivity index (χ2n) is 6.74. The lowest BCUT2D eigenvalue weighted by Crippen LogP contribution is -2.23. The number of alkyl halides is 1. The predicted molar refractivity (Wildman–Crippen MR) is 158 cm³/mol. The standard InChI is InChI=1S/C11H15NO.C8H7N.C3H5ClO.2C2H6.4CH4/c12-8-11(6-10(11)7-13)9-4-2-1-3-5-9;9-7-6-8-4-2-1-3-5-8;4-1-3-2-5-3;2*1-2;;;;/h1-5,10,13H,6-8,12H2;1-5H,6H2;3H,1-2H2;2*1-2H3;4*1H4. The fraction of sp³-hybridized carbons (Fsp3) is 0.567. The molecule has 2 aromatic carbocycles. The fourth-order valence-corrected chi connectivity index (χ4v) is 3.13. The minimum absolute atomic E-state index is 0. The van der Waals surface area contributed by atoms with E-state index in [1.54, 1.807) is 0 Å². The Kier molecular flexibility index (Phi) is 33.0. The molecule has 0 radical (unpaired) electrons. The van der Waals surface area contributed by atoms with Crippen LogP contribution in [-0.2, 0) is 16.6 Å². The molecular formula is C30H55ClN2O2. The molecule has 1 saturated heterocycles. The second-order valence-corrected chi connectivity index (χ2v) is 7.05. The van der Waals surface area contributed by atoms with Crippen LogP contribution in [-0.4, -0.2) is 36.8 Å². The first-order valence-corrected chi connectivity index (χ1v) is 11.7. The van der Waals surface area contributed by atoms with Crippen LogP contribution in [0.1, 0.15) is 74.9 Å². The molecule has 0 amide bonds. The average molecular weight is 511 g/mol. The van der Waals surface area contributed by atoms with Gasteiger partial charge in [0.15, 0.2) is 0 Å². The van der Waals surface area contributed by atoms with Crippen molar-refractivity contribution in [3.05, 3.63) is 71.8 Å². The number of rotatable bonds is 5. The molecule has 0 spiro atoms. The van der Waals surface area contributed by atoms with E-state index in [-0.39, 0.29) is 41.7 Å². The SMILES string of the molecule is C.C.C.C.CC.CC.ClCC1CO1.N#CCc1ccccc1.NCC1(c2ccccc2)CC1CO. The molecule has 3 atom stereocenters. The number of halogens is 1. The van der Waals surface area contributed by atoms with Crippen LogP contribution in [0, 0.1) is 17.2 Å². The quantitative estimate of drug-likeness (QED) is 0.316. The van der Waals surface area contributed by atoms with E-state index in [2.05, 4.69) is 18.2 Å². The molecule has 0 bridgehead atoms. The molecule has 4 nitrogen and oxygen atoms in total. The monoisotopic (exact) mass is 510 g/mol. The van der Waals surface area contributed by atoms with Gasteiger partial charge in [0.2, 0.25) is 0 Å². The maximum Gasteiger partial charge on any atom is 0.0944 e. The van der Waals surface area contributed by atoms with Gasteiger partial charge in [-0.1, -0.05) is 118 Å². The van der Waals surface area contributed by atoms with Crippen LogP contribution in [0.3, 0.4) is 0 Å². The van der Waals surface area contributed by atoms with E-state index in [9.17, 15) is 0 Å². The van der Waals surface area contributed by atoms with Crippen molar-refractivity contribution in [1.29, 1.82) is 5.26 Å². The van der Waals surface area contributed by atoms with Crippen molar-refractivity contribution < 1.29 is 9.84 Å². The lowest BCUT2D eigenvalue weighted by molar-refractivity contribution is 0.264. The maximum absolute atomic E-state index is 9.08. The summed E-state index contributed by atoms with van der Waals surface area (Å²) in [5, 5.41) is 17.3. The van der Waals surface area contributed by atoms with Crippen molar-refractivity contribution in [2.45, 2.75) is 81.8 Å². The molecule has 1 heterocycles. The topological polar surface area (TPSA) is 82.6 Å². The summed E-state index contributed by atoms with van der Waals surface area (Å²) in [6, 6.07) is 22.1. The molecule has 35 heavy (non-hydrogen) atoms. The first-order chi connectivity index (χ1) is 15.2. The van der Waals surface area contributed by atoms with E-state index in [4.69, 9.17) is 32.4 Å². The number of benzene rings is 2. The predicted octanol–water partition coefficient (Wildman–Crippen LogP) is 7.87. The lowest BCUT2D eigenvalue weighted by atomic mass is 9.93. The fourth-order valence-electron chi connectivity index (χ4n) is 2.96. The zero-order chi connectivity index (χ0) is 23.5. The molecule has 1 aliphatic carbocycles. The first-order valence-electron chi connectivity index (χ1n) is 11.1. The Hall–Kier alpha value is -1.90. The van der Waals surface area contributed by atoms with Crippen molar-refractivity contribution >= 4 is 11.6 Å². The van der Waals surface area contributed by atoms with Crippen LogP contribution in [0.4, 0.5) is 0 Å². The number of hydrogen-bond acceptors (Lipinski definition) is 4. The largest absolute Gasteiger partial charge is 0.396 e. The van der Waals surface area contributed by atoms with Crippen LogP contribution in [0.5, 0.6) is 0 Å². The number of nitrogens with two attached hydrogens (primary N) is 1. The molecule has 3 N–H and O–H groups in total. The average Bonchev–Trinajstić information content (AvgIpc) is 3.79. The summed E-state index contributed by atoms with van der Waals surface area (Å²) in [5.74, 6) is 1.04. The molecule has 1 aliphatic heterocycles. The van der Waals surface area contributed by atoms with Crippen molar-refractivity contribution in [3.63, 3.8) is 0 Å². The molecule has 2 aromatic rings. The summed E-state index contributed by atoms with van der Waals surface area (Å²) >= 11 is 5.27. The summed E-state index contributed by atoms with van der Waals surface area (Å²) in [5.41, 5.74) is 8.19. The van der Waals surface area contributed by atoms with E-state index in [1.807, 2.05) is 76.2 Å². The normalized spacial score (nSPS) is 19.1. The highest BCUT2D eigenvalue weighted by molar-refractivity contribution is 6.18. The second kappa shape index (κ2) is 26.7. The van der Waals surface area contributed by atoms with Gasteiger partial charge in [0.1, 0.15) is 0 Å². The number of aliphatic hydroxyl groups is 1. The van der Waals surface area contributed by atoms with Crippen LogP contribution < -0.4 is 5.73 Å². The number of hydrogen-bond donors (Lipinski definition) is 2. The van der Waals surface area contributed by atoms with Gasteiger partial charge in [-0.15, -0.1) is 11.6 Å². The summed E-state index contributed by atoms with van der Waals surface area (Å²) in [4.78, 5) is 0. The van der Waals surface area contributed by atoms with Gasteiger partial charge < -0.3 is 15.6 Å². The molecule has 1 saturated carbocycles. The van der Waals surface area contributed by atoms with Crippen LogP contribution in [0.2, 0.25) is 0 Å². The Morgan fingerprint density at radius 1 is 0.971 bits per heavy atom. The summed E-state index contributed by atoms with van der Waals surface area (Å²) in [6.07, 6.45) is 1.95. The van der Waals surface area contributed by atoms with Gasteiger partial charge in [-0.05, 0) is 23.5 Å². The van der Waals surface area contributed by atoms with E-state index in [0.717, 1.165) is 18.6 Å². The van der Waals surface area contributed by atoms with Crippen LogP contribution in [0.25, 0.3) is 0 Å². The van der Waals surface area contributed by atoms with Gasteiger partial charge in [-0.2, -0.15) is 5.26 Å². The van der Waals surface area contributed by atoms with Crippen molar-refractivity contribution in [2.75, 3.05) is 25.6 Å². The number of ether oxygens (including phenoxy) is 1. The Balaban J connectivity index is -0.000000121. The van der Waals surface area contributed by atoms with Crippen molar-refractivity contribution in [2.24, 2.45) is 11.7 Å². The Labute approximate surface area is 223 Å². The zero-order valence-electron chi connectivity index (χ0n) is 19.4. The van der Waals surface area contributed by atoms with Crippen LogP contribution in [0.15, 0.2) is 60.7 Å². The number of epoxide rings is 1. The molecule has 0 aromatic heterocycles. The van der Waals surface area contributed by atoms with Gasteiger partial charge in [0.25, 0.3) is 0 Å². The molecule has 2 aliphatic rings. The lowest BCUT2D eigenvalue weighted by Gasteiger charge is -2.14. The third-order valence-electron chi connectivity index (χ3n) is 4.87. The van der Waals surface area contributed by atoms with E-state index < -0.39 is 0 Å². The van der Waals surface area contributed by atoms with Gasteiger partial charge in [-0.3, -0.25) is 0 Å². The molecule has 4 rings (SSSR count). The Bertz CT molecular complexity index is 703. The minimum Gasteiger partial charge on any atom is -0.396 e. The van der Waals surface area contributed by atoms with Gasteiger partial charge in [0.05, 0.1) is 31.1 Å². The summed E-state index contributed by atoms with van der Waals surface area (Å²) in [6.45, 7) is 9.78. The van der Waals surface area contributed by atoms with Gasteiger partial charge in [-0.25, -0.2) is 0 Å². The Morgan fingerprint density at radius 3 is 1.71 bits per heavy atom. The minimum atomic E-state index is 0. The highest BCUT2D eigenvalue weighted by Gasteiger charge is 2.53. The molecule has 3 unspecified atom stereocenters. The Morgan fingerprint density at radius 2 is 1.43 bits per heavy atom. The number of nitrogens with zero attached hydrogens (tertiary/aromatic N) is 1. The maximum atomic E-state index is 9.08. The highest BCUT2D eigenvalue weighted by Crippen LogP contribution is 2.53. The number of aliphatic hydroxyl groups excluding tert-OH is 1. The third-order valence-corrected chi connectivity index (χ3v) is 5.21. The van der Waals surface area contributed by atoms with Crippen LogP contribution >= 0.6 is 11.6 Å². The molecular weight excluding hydrogens is 456 g/mol. The van der Waals surface area contributed by atoms with Gasteiger partial charge >= 0.3 is 0 Å². The molecule has 5 heteroatoms. The first kappa shape index (κ1) is 43.2. The van der Waals surface area contributed by atoms with E-state index in [1.165, 1.54) is 5.56 Å². The van der Waals surface area contributed by atoms with E-state index >= 15 is 0 Å². The van der Waals surface area contributed by atoms with E-state index in [0.29, 0.717) is 30.9 Å². The summed E-state index contributed by atoms with van der Waals surface area (Å²) < 4.78 is 4.73.